The molecule has 2 saturated heterocycles. The van der Waals surface area contributed by atoms with Crippen LogP contribution in [0.5, 0.6) is 0 Å². The van der Waals surface area contributed by atoms with Gasteiger partial charge in [-0.3, -0.25) is 49.1 Å². The van der Waals surface area contributed by atoms with Gasteiger partial charge < -0.3 is 40.2 Å². The molecule has 4 aromatic carbocycles. The van der Waals surface area contributed by atoms with Gasteiger partial charge in [0.25, 0.3) is 23.2 Å². The van der Waals surface area contributed by atoms with Crippen molar-refractivity contribution >= 4 is 43.3 Å². The number of nitrogens with one attached hydrogen (secondary N) is 2. The van der Waals surface area contributed by atoms with Crippen LogP contribution in [0.4, 0.5) is 11.4 Å². The average molecular weight is 1330 g/mol. The summed E-state index contributed by atoms with van der Waals surface area (Å²) >= 11 is 0. The summed E-state index contributed by atoms with van der Waals surface area (Å²) in [6.07, 6.45) is 1.13. The zero-order chi connectivity index (χ0) is 69.9. The summed E-state index contributed by atoms with van der Waals surface area (Å²) < 4.78 is 6.60. The van der Waals surface area contributed by atoms with E-state index in [1.165, 1.54) is 39.8 Å². The van der Waals surface area contributed by atoms with Crippen molar-refractivity contribution in [2.24, 2.45) is 58.2 Å². The number of nitrogens with zero attached hydrogens (tertiary/aromatic N) is 6. The number of aliphatic hydroxyl groups excluding tert-OH is 3. The topological polar surface area (TPSA) is 280 Å². The number of carbonyl (C=O) groups excluding carboxylic acids is 4. The van der Waals surface area contributed by atoms with Crippen molar-refractivity contribution in [3.63, 3.8) is 0 Å². The molecular weight excluding hydrogens is 1230 g/mol. The molecule has 2 aliphatic heterocycles. The molecular formula is C72H102N8O14Si. The van der Waals surface area contributed by atoms with Gasteiger partial charge in [-0.05, 0) is 163 Å². The third-order valence-electron chi connectivity index (χ3n) is 23.2. The van der Waals surface area contributed by atoms with E-state index in [0.717, 1.165) is 24.0 Å². The fourth-order valence-electron chi connectivity index (χ4n) is 16.1. The van der Waals surface area contributed by atoms with E-state index in [1.807, 2.05) is 24.3 Å². The van der Waals surface area contributed by atoms with Crippen molar-refractivity contribution in [3.8, 4) is 22.3 Å². The van der Waals surface area contributed by atoms with Gasteiger partial charge in [-0.1, -0.05) is 98.7 Å². The Morgan fingerprint density at radius 3 is 1.38 bits per heavy atom. The first-order valence-electron chi connectivity index (χ1n) is 33.7. The lowest BCUT2D eigenvalue weighted by atomic mass is 9.45. The molecule has 0 unspecified atom stereocenters. The monoisotopic (exact) mass is 1330 g/mol. The first-order chi connectivity index (χ1) is 44.4. The Balaban J connectivity index is 0.000000226. The van der Waals surface area contributed by atoms with Crippen LogP contribution in [0.2, 0.25) is 18.1 Å². The second-order valence-corrected chi connectivity index (χ2v) is 35.9. The second kappa shape index (κ2) is 28.1. The number of nitro benzene ring substituents is 2. The van der Waals surface area contributed by atoms with Gasteiger partial charge in [-0.2, -0.15) is 10.1 Å². The van der Waals surface area contributed by atoms with Crippen molar-refractivity contribution < 1.29 is 58.4 Å². The standard InChI is InChI=1S/C39H58N4O7Si.C33H44N4O7/c1-23-30-19-28(39(30,6)7)20-31(23)40-36(45)35-34(24(2)44)33(22-49-51(10,11)38(3,4)5)50-42(35)21-25-13-12-14-26(17-25)29-16-15-27(37(46)41(8)9)18-32(29)43(47)48;1-18-25-14-23(33(25,3)4)15-26(18)34-31(40)30-29(19(2)39)28(17-38)44-36(30)16-20-8-7-9-21(12-20)24-11-10-22(32(41)35(5)6)13-27(24)37(42)43/h12-18,23-24,28,30-31,33-35,44H,19-22H2,1-11H3,(H,40,45);7-13,18-19,23,25-26,28-30,38-39H,14-17H2,1-6H3,(H,34,40)/t23-,24-,28+,30-,31-,33-,34+,35-;18-,19-,23+,25-,26-,28-,29+,30-/m00/s1. The van der Waals surface area contributed by atoms with Crippen LogP contribution in [0.3, 0.4) is 0 Å². The second-order valence-electron chi connectivity index (χ2n) is 31.1. The maximum Gasteiger partial charge on any atom is 0.277 e. The molecule has 8 aliphatic rings. The highest BCUT2D eigenvalue weighted by atomic mass is 28.4. The zero-order valence-electron chi connectivity index (χ0n) is 58.5. The fourth-order valence-corrected chi connectivity index (χ4v) is 17.1. The van der Waals surface area contributed by atoms with E-state index in [-0.39, 0.29) is 100 Å². The number of aliphatic hydroxyl groups is 3. The molecule has 4 bridgehead atoms. The molecule has 6 aliphatic carbocycles. The highest BCUT2D eigenvalue weighted by molar-refractivity contribution is 6.74. The average Bonchev–Trinajstić information content (AvgIpc) is 1.35. The highest BCUT2D eigenvalue weighted by Crippen LogP contribution is 2.62. The number of hydrogen-bond acceptors (Lipinski definition) is 16. The van der Waals surface area contributed by atoms with Gasteiger partial charge in [0.05, 0.1) is 59.5 Å². The van der Waals surface area contributed by atoms with E-state index in [0.29, 0.717) is 57.8 Å². The van der Waals surface area contributed by atoms with E-state index in [9.17, 15) is 54.7 Å². The van der Waals surface area contributed by atoms with Crippen LogP contribution >= 0.6 is 0 Å². The van der Waals surface area contributed by atoms with Gasteiger partial charge >= 0.3 is 0 Å². The Kier molecular flexibility index (Phi) is 21.5. The van der Waals surface area contributed by atoms with Gasteiger partial charge in [-0.25, -0.2) is 0 Å². The van der Waals surface area contributed by atoms with Crippen molar-refractivity contribution in [1.82, 2.24) is 30.6 Å². The number of benzene rings is 4. The number of rotatable bonds is 20. The Bertz CT molecular complexity index is 3520. The summed E-state index contributed by atoms with van der Waals surface area (Å²) in [5.41, 5.74) is 4.04. The summed E-state index contributed by atoms with van der Waals surface area (Å²) in [6.45, 7) is 28.1. The van der Waals surface area contributed by atoms with Crippen LogP contribution < -0.4 is 10.6 Å². The van der Waals surface area contributed by atoms with Crippen molar-refractivity contribution in [3.05, 3.63) is 127 Å². The fraction of sp³-hybridized carbons (Fsp3) is 0.611. The molecule has 4 amide bonds. The van der Waals surface area contributed by atoms with Gasteiger partial charge in [-0.15, -0.1) is 0 Å². The van der Waals surface area contributed by atoms with E-state index in [1.54, 1.807) is 95.6 Å². The minimum atomic E-state index is -2.18. The zero-order valence-corrected chi connectivity index (χ0v) is 59.5. The van der Waals surface area contributed by atoms with Crippen LogP contribution in [0.25, 0.3) is 22.3 Å². The van der Waals surface area contributed by atoms with Gasteiger partial charge in [0.2, 0.25) is 11.8 Å². The molecule has 518 valence electrons. The minimum Gasteiger partial charge on any atom is -0.414 e. The van der Waals surface area contributed by atoms with Crippen LogP contribution in [-0.4, -0.2) is 167 Å². The third kappa shape index (κ3) is 14.7. The maximum absolute atomic E-state index is 14.4. The lowest BCUT2D eigenvalue weighted by Crippen LogP contribution is -2.62. The smallest absolute Gasteiger partial charge is 0.277 e. The predicted octanol–water partition coefficient (Wildman–Crippen LogP) is 10.3. The van der Waals surface area contributed by atoms with Crippen LogP contribution in [-0.2, 0) is 36.8 Å². The summed E-state index contributed by atoms with van der Waals surface area (Å²) in [5.74, 6) is 0.608. The Hall–Kier alpha value is -6.54. The number of amides is 4. The highest BCUT2D eigenvalue weighted by Gasteiger charge is 2.59. The molecule has 8 fully saturated rings. The number of nitro groups is 2. The van der Waals surface area contributed by atoms with Gasteiger partial charge in [0, 0.05) is 75.4 Å². The predicted molar refractivity (Wildman–Crippen MR) is 364 cm³/mol. The van der Waals surface area contributed by atoms with E-state index in [2.05, 4.69) is 86.0 Å². The molecule has 0 aromatic heterocycles. The quantitative estimate of drug-likeness (QED) is 0.0312. The molecule has 5 N–H and O–H groups in total. The van der Waals surface area contributed by atoms with Crippen molar-refractivity contribution in [2.75, 3.05) is 41.4 Å². The number of carbonyl (C=O) groups is 4. The Morgan fingerprint density at radius 1 is 0.653 bits per heavy atom. The molecule has 4 aromatic rings. The molecule has 95 heavy (non-hydrogen) atoms. The normalized spacial score (nSPS) is 28.9. The minimum absolute atomic E-state index is 0.0233. The third-order valence-corrected chi connectivity index (χ3v) is 27.7. The lowest BCUT2D eigenvalue weighted by molar-refractivity contribution is -0.384. The van der Waals surface area contributed by atoms with Gasteiger partial charge in [0.1, 0.15) is 24.3 Å². The molecule has 22 nitrogen and oxygen atoms in total. The number of hydrogen-bond donors (Lipinski definition) is 5. The molecule has 0 radical (unpaired) electrons. The first-order valence-corrected chi connectivity index (χ1v) is 36.6. The summed E-state index contributed by atoms with van der Waals surface area (Å²) in [7, 11) is 4.19. The largest absolute Gasteiger partial charge is 0.414 e. The van der Waals surface area contributed by atoms with Crippen LogP contribution in [0, 0.1) is 78.4 Å². The number of hydroxylamine groups is 4. The SMILES string of the molecule is C[C@@H]1[C@@H](NC(=O)[C@@H]2[C@H]([C@H](C)O)[C@H](CO)ON2Cc2cccc(-c3ccc(C(=O)N(C)C)cc3[N+](=O)[O-])c2)C[C@H]2C[C@@H]1C2(C)C.C[C@@H]1[C@@H](NC(=O)[C@@H]2[C@H]([C@H](C)O)[C@H](CO[Si](C)(C)C(C)(C)C)ON2Cc2cccc(-c3ccc(C(=O)N(C)C)cc3[N+](=O)[O-])c2)C[C@H]2C[C@@H]1C2(C)C. The summed E-state index contributed by atoms with van der Waals surface area (Å²) in [5, 5.41) is 66.1. The molecule has 2 heterocycles. The first kappa shape index (κ1) is 72.7. The van der Waals surface area contributed by atoms with Crippen LogP contribution in [0.15, 0.2) is 84.9 Å². The van der Waals surface area contributed by atoms with E-state index in [4.69, 9.17) is 14.1 Å². The summed E-state index contributed by atoms with van der Waals surface area (Å²) in [6, 6.07) is 21.9. The molecule has 16 atom stereocenters. The Morgan fingerprint density at radius 2 is 1.04 bits per heavy atom. The van der Waals surface area contributed by atoms with Crippen LogP contribution in [0.1, 0.15) is 134 Å². The van der Waals surface area contributed by atoms with Crippen molar-refractivity contribution in [2.45, 2.75) is 182 Å². The molecule has 0 spiro atoms. The van der Waals surface area contributed by atoms with Crippen molar-refractivity contribution in [1.29, 1.82) is 0 Å². The maximum atomic E-state index is 14.4. The lowest BCUT2D eigenvalue weighted by Gasteiger charge is -2.62. The molecule has 6 saturated carbocycles. The summed E-state index contributed by atoms with van der Waals surface area (Å²) in [4.78, 5) is 92.0. The van der Waals surface area contributed by atoms with E-state index < -0.39 is 66.5 Å². The van der Waals surface area contributed by atoms with Gasteiger partial charge in [0.15, 0.2) is 8.32 Å². The molecule has 23 heteroatoms. The Labute approximate surface area is 560 Å². The molecule has 12 rings (SSSR count). The number of fused-ring (bicyclic) bond motifs is 4. The van der Waals surface area contributed by atoms with E-state index >= 15 is 0 Å².